The summed E-state index contributed by atoms with van der Waals surface area (Å²) in [7, 11) is 0. The molecule has 0 fully saturated rings. The largest absolute Gasteiger partial charge is 0.381 e. The number of hydrogen-bond acceptors (Lipinski definition) is 1. The highest BCUT2D eigenvalue weighted by Gasteiger charge is 2.19. The van der Waals surface area contributed by atoms with Gasteiger partial charge in [0, 0.05) is 6.61 Å². The summed E-state index contributed by atoms with van der Waals surface area (Å²) >= 11 is 0. The molecular weight excluding hydrogens is 184 g/mol. The van der Waals surface area contributed by atoms with Gasteiger partial charge in [-0.25, -0.2) is 0 Å². The average Bonchev–Trinajstić information content (AvgIpc) is 2.27. The van der Waals surface area contributed by atoms with E-state index in [1.807, 2.05) is 0 Å². The van der Waals surface area contributed by atoms with Crippen LogP contribution in [0.15, 0.2) is 0 Å². The van der Waals surface area contributed by atoms with E-state index in [1.54, 1.807) is 0 Å². The van der Waals surface area contributed by atoms with Crippen LogP contribution < -0.4 is 0 Å². The molecule has 0 rings (SSSR count). The van der Waals surface area contributed by atoms with Crippen LogP contribution in [0.2, 0.25) is 0 Å². The fraction of sp³-hybridized carbons (Fsp3) is 1.00. The van der Waals surface area contributed by atoms with Crippen molar-refractivity contribution < 1.29 is 4.74 Å². The maximum atomic E-state index is 5.76. The van der Waals surface area contributed by atoms with Crippen LogP contribution in [0, 0.1) is 5.41 Å². The van der Waals surface area contributed by atoms with Gasteiger partial charge in [-0.2, -0.15) is 0 Å². The van der Waals surface area contributed by atoms with Gasteiger partial charge in [-0.1, -0.05) is 53.4 Å². The zero-order valence-corrected chi connectivity index (χ0v) is 11.3. The molecule has 0 aliphatic rings. The Morgan fingerprint density at radius 1 is 0.867 bits per heavy atom. The Morgan fingerprint density at radius 2 is 1.47 bits per heavy atom. The molecule has 0 heterocycles. The summed E-state index contributed by atoms with van der Waals surface area (Å²) in [5.74, 6) is 0. The van der Waals surface area contributed by atoms with E-state index in [0.717, 1.165) is 13.2 Å². The molecule has 0 spiro atoms. The van der Waals surface area contributed by atoms with Crippen LogP contribution >= 0.6 is 0 Å². The molecule has 0 radical (unpaired) electrons. The van der Waals surface area contributed by atoms with Crippen LogP contribution in [0.25, 0.3) is 0 Å². The summed E-state index contributed by atoms with van der Waals surface area (Å²) < 4.78 is 5.76. The normalized spacial score (nSPS) is 12.0. The standard InChI is InChI=1S/C14H30O/c1-5-8-9-10-11-12-15-13-14(4,6-2)7-3/h5-13H2,1-4H3. The van der Waals surface area contributed by atoms with Crippen molar-refractivity contribution in [1.29, 1.82) is 0 Å². The summed E-state index contributed by atoms with van der Waals surface area (Å²) in [6, 6.07) is 0. The van der Waals surface area contributed by atoms with Crippen molar-refractivity contribution >= 4 is 0 Å². The first-order valence-electron chi connectivity index (χ1n) is 6.76. The highest BCUT2D eigenvalue weighted by Crippen LogP contribution is 2.25. The number of ether oxygens (including phenoxy) is 1. The van der Waals surface area contributed by atoms with Gasteiger partial charge in [0.15, 0.2) is 0 Å². The topological polar surface area (TPSA) is 9.23 Å². The quantitative estimate of drug-likeness (QED) is 0.475. The van der Waals surface area contributed by atoms with Crippen LogP contribution in [0.5, 0.6) is 0 Å². The van der Waals surface area contributed by atoms with Gasteiger partial charge < -0.3 is 4.74 Å². The third kappa shape index (κ3) is 7.84. The highest BCUT2D eigenvalue weighted by molar-refractivity contribution is 4.69. The van der Waals surface area contributed by atoms with Crippen molar-refractivity contribution in [1.82, 2.24) is 0 Å². The van der Waals surface area contributed by atoms with Gasteiger partial charge in [0.2, 0.25) is 0 Å². The molecule has 1 heteroatoms. The minimum Gasteiger partial charge on any atom is -0.381 e. The number of rotatable bonds is 10. The van der Waals surface area contributed by atoms with Gasteiger partial charge in [0.25, 0.3) is 0 Å². The van der Waals surface area contributed by atoms with E-state index in [4.69, 9.17) is 4.74 Å². The molecule has 0 N–H and O–H groups in total. The van der Waals surface area contributed by atoms with Gasteiger partial charge in [-0.15, -0.1) is 0 Å². The van der Waals surface area contributed by atoms with Crippen molar-refractivity contribution in [2.24, 2.45) is 5.41 Å². The maximum absolute atomic E-state index is 5.76. The van der Waals surface area contributed by atoms with E-state index >= 15 is 0 Å². The third-order valence-corrected chi connectivity index (χ3v) is 3.55. The second-order valence-corrected chi connectivity index (χ2v) is 4.98. The molecule has 0 aromatic heterocycles. The van der Waals surface area contributed by atoms with E-state index < -0.39 is 0 Å². The summed E-state index contributed by atoms with van der Waals surface area (Å²) in [4.78, 5) is 0. The molecule has 15 heavy (non-hydrogen) atoms. The van der Waals surface area contributed by atoms with Crippen LogP contribution in [-0.4, -0.2) is 13.2 Å². The second-order valence-electron chi connectivity index (χ2n) is 4.98. The second kappa shape index (κ2) is 9.21. The van der Waals surface area contributed by atoms with Gasteiger partial charge in [0.1, 0.15) is 0 Å². The molecule has 1 nitrogen and oxygen atoms in total. The molecule has 0 amide bonds. The van der Waals surface area contributed by atoms with Gasteiger partial charge in [0.05, 0.1) is 6.61 Å². The molecule has 0 saturated heterocycles. The zero-order valence-electron chi connectivity index (χ0n) is 11.3. The van der Waals surface area contributed by atoms with Crippen molar-refractivity contribution in [2.75, 3.05) is 13.2 Å². The summed E-state index contributed by atoms with van der Waals surface area (Å²) in [6.07, 6.45) is 9.09. The predicted octanol–water partition coefficient (Wildman–Crippen LogP) is 4.80. The van der Waals surface area contributed by atoms with E-state index in [-0.39, 0.29) is 0 Å². The van der Waals surface area contributed by atoms with Crippen LogP contribution in [0.1, 0.15) is 72.6 Å². The number of unbranched alkanes of at least 4 members (excludes halogenated alkanes) is 4. The Hall–Kier alpha value is -0.0400. The minimum absolute atomic E-state index is 0.406. The lowest BCUT2D eigenvalue weighted by atomic mass is 9.86. The lowest BCUT2D eigenvalue weighted by Gasteiger charge is -2.26. The van der Waals surface area contributed by atoms with E-state index in [2.05, 4.69) is 27.7 Å². The lowest BCUT2D eigenvalue weighted by molar-refractivity contribution is 0.0462. The van der Waals surface area contributed by atoms with E-state index in [1.165, 1.54) is 44.9 Å². The summed E-state index contributed by atoms with van der Waals surface area (Å²) in [6.45, 7) is 11.0. The van der Waals surface area contributed by atoms with Gasteiger partial charge >= 0.3 is 0 Å². The lowest BCUT2D eigenvalue weighted by Crippen LogP contribution is -2.21. The molecule has 0 atom stereocenters. The Labute approximate surface area is 96.6 Å². The molecular formula is C14H30O. The molecule has 92 valence electrons. The Morgan fingerprint density at radius 3 is 2.00 bits per heavy atom. The van der Waals surface area contributed by atoms with Crippen LogP contribution in [-0.2, 0) is 4.74 Å². The van der Waals surface area contributed by atoms with Crippen molar-refractivity contribution in [2.45, 2.75) is 72.6 Å². The zero-order chi connectivity index (χ0) is 11.6. The van der Waals surface area contributed by atoms with Crippen molar-refractivity contribution in [3.05, 3.63) is 0 Å². The van der Waals surface area contributed by atoms with Crippen LogP contribution in [0.3, 0.4) is 0 Å². The van der Waals surface area contributed by atoms with Gasteiger partial charge in [-0.05, 0) is 24.7 Å². The minimum atomic E-state index is 0.406. The average molecular weight is 214 g/mol. The SMILES string of the molecule is CCCCCCCOCC(C)(CC)CC. The molecule has 0 bridgehead atoms. The first kappa shape index (κ1) is 15.0. The molecule has 0 aliphatic carbocycles. The predicted molar refractivity (Wildman–Crippen MR) is 68.3 cm³/mol. The Bertz CT molecular complexity index is 127. The fourth-order valence-electron chi connectivity index (χ4n) is 1.58. The molecule has 0 saturated carbocycles. The van der Waals surface area contributed by atoms with E-state index in [0.29, 0.717) is 5.41 Å². The molecule has 0 aromatic carbocycles. The monoisotopic (exact) mass is 214 g/mol. The van der Waals surface area contributed by atoms with E-state index in [9.17, 15) is 0 Å². The van der Waals surface area contributed by atoms with Gasteiger partial charge in [-0.3, -0.25) is 0 Å². The maximum Gasteiger partial charge on any atom is 0.0519 e. The first-order valence-corrected chi connectivity index (χ1v) is 6.76. The first-order chi connectivity index (χ1) is 7.18. The summed E-state index contributed by atoms with van der Waals surface area (Å²) in [5.41, 5.74) is 0.406. The van der Waals surface area contributed by atoms with Crippen molar-refractivity contribution in [3.63, 3.8) is 0 Å². The molecule has 0 aromatic rings. The molecule has 0 unspecified atom stereocenters. The molecule has 0 aliphatic heterocycles. The highest BCUT2D eigenvalue weighted by atomic mass is 16.5. The summed E-state index contributed by atoms with van der Waals surface area (Å²) in [5, 5.41) is 0. The smallest absolute Gasteiger partial charge is 0.0519 e. The Kier molecular flexibility index (Phi) is 9.18. The fourth-order valence-corrected chi connectivity index (χ4v) is 1.58. The van der Waals surface area contributed by atoms with Crippen LogP contribution in [0.4, 0.5) is 0 Å². The number of hydrogen-bond donors (Lipinski definition) is 0. The van der Waals surface area contributed by atoms with Crippen molar-refractivity contribution in [3.8, 4) is 0 Å². The Balaban J connectivity index is 3.29. The third-order valence-electron chi connectivity index (χ3n) is 3.55.